The highest BCUT2D eigenvalue weighted by atomic mass is 19.4. The molecular weight excluding hydrogens is 285 g/mol. The topological polar surface area (TPSA) is 56.0 Å². The summed E-state index contributed by atoms with van der Waals surface area (Å²) in [6.45, 7) is 1.14. The summed E-state index contributed by atoms with van der Waals surface area (Å²) in [4.78, 5) is 15.2. The maximum Gasteiger partial charge on any atom is 0.450 e. The molecule has 1 aromatic heterocycles. The Kier molecular flexibility index (Phi) is 5.00. The normalized spacial score (nSPS) is 19.8. The van der Waals surface area contributed by atoms with Crippen molar-refractivity contribution in [3.05, 3.63) is 11.7 Å². The van der Waals surface area contributed by atoms with Gasteiger partial charge in [0.1, 0.15) is 5.92 Å². The van der Waals surface area contributed by atoms with Crippen LogP contribution in [-0.2, 0) is 4.79 Å². The highest BCUT2D eigenvalue weighted by molar-refractivity contribution is 5.89. The summed E-state index contributed by atoms with van der Waals surface area (Å²) in [5, 5.41) is 3.79. The summed E-state index contributed by atoms with van der Waals surface area (Å²) in [6.07, 6.45) is 2.61. The largest absolute Gasteiger partial charge is 0.450 e. The summed E-state index contributed by atoms with van der Waals surface area (Å²) in [7, 11) is 0. The summed E-state index contributed by atoms with van der Waals surface area (Å²) < 4.78 is 42.1. The van der Waals surface area contributed by atoms with Gasteiger partial charge in [0.25, 0.3) is 0 Å². The van der Waals surface area contributed by atoms with Gasteiger partial charge in [-0.3, -0.25) is 4.79 Å². The van der Waals surface area contributed by atoms with Crippen LogP contribution in [-0.4, -0.2) is 22.1 Å². The van der Waals surface area contributed by atoms with Crippen molar-refractivity contribution in [3.8, 4) is 0 Å². The molecule has 1 fully saturated rings. The highest BCUT2D eigenvalue weighted by Gasteiger charge is 2.44. The van der Waals surface area contributed by atoms with Crippen LogP contribution in [0.25, 0.3) is 0 Å². The zero-order valence-electron chi connectivity index (χ0n) is 11.9. The lowest BCUT2D eigenvalue weighted by atomic mass is 9.91. The molecule has 1 aromatic rings. The standard InChI is InChI=1S/C14H19F3N2O2/c1-9(11(20)14(15,16)17)13-18-12(19-21-13)10-7-5-3-2-4-6-8-10/h9-10H,2-8H2,1H3. The molecule has 118 valence electrons. The molecule has 1 saturated carbocycles. The Morgan fingerprint density at radius 2 is 1.76 bits per heavy atom. The lowest BCUT2D eigenvalue weighted by molar-refractivity contribution is -0.172. The van der Waals surface area contributed by atoms with Gasteiger partial charge in [-0.15, -0.1) is 0 Å². The third-order valence-corrected chi connectivity index (χ3v) is 3.97. The minimum atomic E-state index is -4.88. The maximum absolute atomic E-state index is 12.4. The minimum Gasteiger partial charge on any atom is -0.339 e. The Balaban J connectivity index is 2.08. The predicted molar refractivity (Wildman–Crippen MR) is 68.8 cm³/mol. The van der Waals surface area contributed by atoms with Crippen LogP contribution in [0.4, 0.5) is 13.2 Å². The molecule has 0 aromatic carbocycles. The summed E-state index contributed by atoms with van der Waals surface area (Å²) in [6, 6.07) is 0. The monoisotopic (exact) mass is 304 g/mol. The van der Waals surface area contributed by atoms with E-state index >= 15 is 0 Å². The molecule has 4 nitrogen and oxygen atoms in total. The van der Waals surface area contributed by atoms with Crippen LogP contribution in [0.3, 0.4) is 0 Å². The summed E-state index contributed by atoms with van der Waals surface area (Å²) >= 11 is 0. The molecule has 0 aliphatic heterocycles. The molecule has 2 rings (SSSR count). The number of rotatable bonds is 3. The van der Waals surface area contributed by atoms with Gasteiger partial charge in [0, 0.05) is 5.92 Å². The van der Waals surface area contributed by atoms with E-state index in [0.29, 0.717) is 5.82 Å². The quantitative estimate of drug-likeness (QED) is 0.842. The molecule has 0 saturated heterocycles. The number of nitrogens with zero attached hydrogens (tertiary/aromatic N) is 2. The molecule has 21 heavy (non-hydrogen) atoms. The number of carbonyl (C=O) groups is 1. The fraction of sp³-hybridized carbons (Fsp3) is 0.786. The second kappa shape index (κ2) is 6.58. The van der Waals surface area contributed by atoms with Gasteiger partial charge in [0.2, 0.25) is 11.7 Å². The molecule has 1 aliphatic carbocycles. The Morgan fingerprint density at radius 1 is 1.19 bits per heavy atom. The van der Waals surface area contributed by atoms with E-state index in [1.807, 2.05) is 0 Å². The van der Waals surface area contributed by atoms with Crippen LogP contribution in [0, 0.1) is 0 Å². The molecule has 0 bridgehead atoms. The Hall–Kier alpha value is -1.40. The number of alkyl halides is 3. The number of halogens is 3. The molecule has 7 heteroatoms. The number of aromatic nitrogens is 2. The highest BCUT2D eigenvalue weighted by Crippen LogP contribution is 2.31. The predicted octanol–water partition coefficient (Wildman–Crippen LogP) is 4.13. The number of ketones is 1. The van der Waals surface area contributed by atoms with Crippen molar-refractivity contribution in [2.24, 2.45) is 0 Å². The van der Waals surface area contributed by atoms with Crippen molar-refractivity contribution in [2.75, 3.05) is 0 Å². The fourth-order valence-electron chi connectivity index (χ4n) is 2.66. The second-order valence-corrected chi connectivity index (χ2v) is 5.62. The van der Waals surface area contributed by atoms with Crippen molar-refractivity contribution in [2.45, 2.75) is 69.9 Å². The van der Waals surface area contributed by atoms with Crippen LogP contribution in [0.15, 0.2) is 4.52 Å². The van der Waals surface area contributed by atoms with Gasteiger partial charge < -0.3 is 4.52 Å². The zero-order valence-corrected chi connectivity index (χ0v) is 11.9. The van der Waals surface area contributed by atoms with Gasteiger partial charge in [-0.1, -0.05) is 37.3 Å². The molecule has 0 N–H and O–H groups in total. The van der Waals surface area contributed by atoms with Crippen molar-refractivity contribution in [1.29, 1.82) is 0 Å². The van der Waals surface area contributed by atoms with Crippen molar-refractivity contribution < 1.29 is 22.5 Å². The van der Waals surface area contributed by atoms with Crippen LogP contribution >= 0.6 is 0 Å². The fourth-order valence-corrected chi connectivity index (χ4v) is 2.66. The van der Waals surface area contributed by atoms with Crippen LogP contribution in [0.2, 0.25) is 0 Å². The molecule has 1 aliphatic rings. The molecular formula is C14H19F3N2O2. The number of hydrogen-bond donors (Lipinski definition) is 0. The van der Waals surface area contributed by atoms with E-state index in [4.69, 9.17) is 4.52 Å². The van der Waals surface area contributed by atoms with E-state index in [9.17, 15) is 18.0 Å². The molecule has 0 spiro atoms. The van der Waals surface area contributed by atoms with Crippen molar-refractivity contribution >= 4 is 5.78 Å². The molecule has 0 amide bonds. The average Bonchev–Trinajstić information content (AvgIpc) is 2.85. The Morgan fingerprint density at radius 3 is 2.33 bits per heavy atom. The van der Waals surface area contributed by atoms with E-state index in [-0.39, 0.29) is 11.8 Å². The Bertz CT molecular complexity index is 477. The second-order valence-electron chi connectivity index (χ2n) is 5.62. The lowest BCUT2D eigenvalue weighted by Crippen LogP contribution is -2.27. The maximum atomic E-state index is 12.4. The molecule has 0 radical (unpaired) electrons. The van der Waals surface area contributed by atoms with Crippen LogP contribution in [0.1, 0.15) is 75.4 Å². The minimum absolute atomic E-state index is 0.121. The van der Waals surface area contributed by atoms with Crippen LogP contribution < -0.4 is 0 Å². The van der Waals surface area contributed by atoms with Gasteiger partial charge in [-0.2, -0.15) is 18.2 Å². The first-order valence-corrected chi connectivity index (χ1v) is 7.34. The summed E-state index contributed by atoms with van der Waals surface area (Å²) in [5.41, 5.74) is 0. The van der Waals surface area contributed by atoms with Gasteiger partial charge >= 0.3 is 6.18 Å². The molecule has 1 atom stereocenters. The zero-order chi connectivity index (χ0) is 15.5. The van der Waals surface area contributed by atoms with Gasteiger partial charge in [-0.05, 0) is 19.8 Å². The van der Waals surface area contributed by atoms with Crippen LogP contribution in [0.5, 0.6) is 0 Å². The average molecular weight is 304 g/mol. The smallest absolute Gasteiger partial charge is 0.339 e. The number of hydrogen-bond acceptors (Lipinski definition) is 4. The molecule has 1 heterocycles. The van der Waals surface area contributed by atoms with Gasteiger partial charge in [-0.25, -0.2) is 0 Å². The third-order valence-electron chi connectivity index (χ3n) is 3.97. The van der Waals surface area contributed by atoms with Crippen molar-refractivity contribution in [3.63, 3.8) is 0 Å². The summed E-state index contributed by atoms with van der Waals surface area (Å²) in [5.74, 6) is -2.98. The first-order valence-electron chi connectivity index (χ1n) is 7.34. The number of Topliss-reactive ketones (excluding diaryl/α,β-unsaturated/α-hetero) is 1. The van der Waals surface area contributed by atoms with E-state index in [1.54, 1.807) is 0 Å². The van der Waals surface area contributed by atoms with E-state index < -0.39 is 17.9 Å². The SMILES string of the molecule is CC(C(=O)C(F)(F)F)c1nc(C2CCCCCCC2)no1. The van der Waals surface area contributed by atoms with Gasteiger partial charge in [0.05, 0.1) is 0 Å². The number of carbonyl (C=O) groups excluding carboxylic acids is 1. The van der Waals surface area contributed by atoms with E-state index in [2.05, 4.69) is 10.1 Å². The Labute approximate surface area is 121 Å². The van der Waals surface area contributed by atoms with E-state index in [1.165, 1.54) is 6.42 Å². The van der Waals surface area contributed by atoms with E-state index in [0.717, 1.165) is 45.4 Å². The van der Waals surface area contributed by atoms with Crippen molar-refractivity contribution in [1.82, 2.24) is 10.1 Å². The first-order chi connectivity index (χ1) is 9.89. The lowest BCUT2D eigenvalue weighted by Gasteiger charge is -2.15. The van der Waals surface area contributed by atoms with Gasteiger partial charge in [0.15, 0.2) is 5.82 Å². The third kappa shape index (κ3) is 4.04. The first kappa shape index (κ1) is 16.0. The molecule has 1 unspecified atom stereocenters.